The first-order valence-corrected chi connectivity index (χ1v) is 10.8. The first-order chi connectivity index (χ1) is 15.4. The second kappa shape index (κ2) is 11.1. The van der Waals surface area contributed by atoms with Crippen molar-refractivity contribution in [2.45, 2.75) is 38.1 Å². The average Bonchev–Trinajstić information content (AvgIpc) is 2.80. The molecule has 1 aliphatic rings. The molecule has 32 heavy (non-hydrogen) atoms. The minimum Gasteiger partial charge on any atom is -0.378 e. The number of hydrogen-bond donors (Lipinski definition) is 3. The standard InChI is InChI=1S/C24H29N5O3/c1-29(2)19-14-12-17(13-15-19)16-25-28-24(32)23(31)27-21-11-7-6-10-20(21)22(30)26-18-8-4-3-5-9-18/h6-7,10-16,18H,3-5,8-9H2,1-2H3,(H,26,30)(H,27,31)(H,28,32). The van der Waals surface area contributed by atoms with Gasteiger partial charge >= 0.3 is 11.8 Å². The summed E-state index contributed by atoms with van der Waals surface area (Å²) in [5, 5.41) is 9.37. The van der Waals surface area contributed by atoms with Gasteiger partial charge in [-0.15, -0.1) is 0 Å². The van der Waals surface area contributed by atoms with Gasteiger partial charge in [-0.25, -0.2) is 5.43 Å². The molecular weight excluding hydrogens is 406 g/mol. The quantitative estimate of drug-likeness (QED) is 0.369. The molecule has 0 unspecified atom stereocenters. The van der Waals surface area contributed by atoms with Crippen LogP contribution < -0.4 is 21.0 Å². The molecule has 1 fully saturated rings. The third kappa shape index (κ3) is 6.41. The van der Waals surface area contributed by atoms with E-state index in [1.165, 1.54) is 12.6 Å². The summed E-state index contributed by atoms with van der Waals surface area (Å²) in [5.74, 6) is -2.08. The first kappa shape index (κ1) is 23.0. The summed E-state index contributed by atoms with van der Waals surface area (Å²) in [6.45, 7) is 0. The molecule has 0 aromatic heterocycles. The van der Waals surface area contributed by atoms with E-state index in [9.17, 15) is 14.4 Å². The van der Waals surface area contributed by atoms with Crippen LogP contribution in [0.1, 0.15) is 48.0 Å². The minimum atomic E-state index is -0.923. The summed E-state index contributed by atoms with van der Waals surface area (Å²) in [6, 6.07) is 14.3. The topological polar surface area (TPSA) is 103 Å². The summed E-state index contributed by atoms with van der Waals surface area (Å²) in [6.07, 6.45) is 6.76. The molecule has 3 rings (SSSR count). The zero-order valence-electron chi connectivity index (χ0n) is 18.4. The number of rotatable bonds is 6. The molecule has 3 N–H and O–H groups in total. The smallest absolute Gasteiger partial charge is 0.329 e. The van der Waals surface area contributed by atoms with Crippen LogP contribution in [0.3, 0.4) is 0 Å². The van der Waals surface area contributed by atoms with Crippen molar-refractivity contribution in [2.24, 2.45) is 5.10 Å². The maximum absolute atomic E-state index is 12.7. The Morgan fingerprint density at radius 1 is 0.938 bits per heavy atom. The van der Waals surface area contributed by atoms with Gasteiger partial charge in [0.25, 0.3) is 5.91 Å². The lowest BCUT2D eigenvalue weighted by molar-refractivity contribution is -0.136. The van der Waals surface area contributed by atoms with Crippen LogP contribution in [0.15, 0.2) is 53.6 Å². The maximum Gasteiger partial charge on any atom is 0.329 e. The Hall–Kier alpha value is -3.68. The van der Waals surface area contributed by atoms with Gasteiger partial charge in [-0.1, -0.05) is 43.5 Å². The van der Waals surface area contributed by atoms with Gasteiger partial charge in [0.2, 0.25) is 0 Å². The lowest BCUT2D eigenvalue weighted by atomic mass is 9.95. The predicted octanol–water partition coefficient (Wildman–Crippen LogP) is 2.90. The molecule has 8 nitrogen and oxygen atoms in total. The number of nitrogens with zero attached hydrogens (tertiary/aromatic N) is 2. The second-order valence-corrected chi connectivity index (χ2v) is 7.99. The largest absolute Gasteiger partial charge is 0.378 e. The zero-order valence-corrected chi connectivity index (χ0v) is 18.4. The lowest BCUT2D eigenvalue weighted by Crippen LogP contribution is -2.37. The number of hydrazone groups is 1. The minimum absolute atomic E-state index is 0.143. The Bertz CT molecular complexity index is 979. The molecule has 0 heterocycles. The van der Waals surface area contributed by atoms with E-state index in [1.54, 1.807) is 24.3 Å². The molecule has 0 aliphatic heterocycles. The number of anilines is 2. The number of amides is 3. The van der Waals surface area contributed by atoms with Gasteiger partial charge in [-0.3, -0.25) is 14.4 Å². The van der Waals surface area contributed by atoms with Gasteiger partial charge in [0, 0.05) is 25.8 Å². The molecule has 1 saturated carbocycles. The summed E-state index contributed by atoms with van der Waals surface area (Å²) < 4.78 is 0. The molecule has 168 valence electrons. The van der Waals surface area contributed by atoms with Crippen molar-refractivity contribution in [1.29, 1.82) is 0 Å². The Morgan fingerprint density at radius 3 is 2.31 bits per heavy atom. The maximum atomic E-state index is 12.7. The fraction of sp³-hybridized carbons (Fsp3) is 0.333. The molecule has 0 radical (unpaired) electrons. The number of carbonyl (C=O) groups excluding carboxylic acids is 3. The highest BCUT2D eigenvalue weighted by atomic mass is 16.2. The van der Waals surface area contributed by atoms with Gasteiger partial charge in [0.1, 0.15) is 0 Å². The van der Waals surface area contributed by atoms with E-state index in [2.05, 4.69) is 21.2 Å². The molecule has 0 spiro atoms. The lowest BCUT2D eigenvalue weighted by Gasteiger charge is -2.23. The normalized spacial score (nSPS) is 14.1. The molecule has 0 bridgehead atoms. The van der Waals surface area contributed by atoms with Crippen molar-refractivity contribution in [3.63, 3.8) is 0 Å². The number of para-hydroxylation sites is 1. The van der Waals surface area contributed by atoms with Crippen LogP contribution in [0.4, 0.5) is 11.4 Å². The predicted molar refractivity (Wildman–Crippen MR) is 126 cm³/mol. The Labute approximate surface area is 188 Å². The molecular formula is C24H29N5O3. The van der Waals surface area contributed by atoms with Crippen LogP contribution in [-0.2, 0) is 9.59 Å². The highest BCUT2D eigenvalue weighted by Gasteiger charge is 2.20. The van der Waals surface area contributed by atoms with Crippen molar-refractivity contribution < 1.29 is 14.4 Å². The van der Waals surface area contributed by atoms with Crippen LogP contribution in [0.25, 0.3) is 0 Å². The fourth-order valence-corrected chi connectivity index (χ4v) is 3.55. The van der Waals surface area contributed by atoms with Crippen LogP contribution in [0.2, 0.25) is 0 Å². The zero-order chi connectivity index (χ0) is 22.9. The number of benzene rings is 2. The Morgan fingerprint density at radius 2 is 1.62 bits per heavy atom. The van der Waals surface area contributed by atoms with Crippen molar-refractivity contribution in [1.82, 2.24) is 10.7 Å². The molecule has 2 aromatic rings. The van der Waals surface area contributed by atoms with Crippen molar-refractivity contribution >= 4 is 35.3 Å². The second-order valence-electron chi connectivity index (χ2n) is 7.99. The van der Waals surface area contributed by atoms with Crippen LogP contribution in [0, 0.1) is 0 Å². The van der Waals surface area contributed by atoms with E-state index in [4.69, 9.17) is 0 Å². The number of nitrogens with one attached hydrogen (secondary N) is 3. The van der Waals surface area contributed by atoms with Crippen molar-refractivity contribution in [3.8, 4) is 0 Å². The van der Waals surface area contributed by atoms with E-state index < -0.39 is 11.8 Å². The van der Waals surface area contributed by atoms with Crippen LogP contribution >= 0.6 is 0 Å². The van der Waals surface area contributed by atoms with E-state index in [-0.39, 0.29) is 17.6 Å². The molecule has 1 aliphatic carbocycles. The highest BCUT2D eigenvalue weighted by Crippen LogP contribution is 2.20. The third-order valence-corrected chi connectivity index (χ3v) is 5.36. The van der Waals surface area contributed by atoms with E-state index in [0.29, 0.717) is 5.56 Å². The van der Waals surface area contributed by atoms with Gasteiger partial charge in [0.15, 0.2) is 0 Å². The van der Waals surface area contributed by atoms with E-state index in [1.807, 2.05) is 43.3 Å². The van der Waals surface area contributed by atoms with Crippen LogP contribution in [-0.4, -0.2) is 44.1 Å². The molecule has 2 aromatic carbocycles. The van der Waals surface area contributed by atoms with Crippen molar-refractivity contribution in [3.05, 3.63) is 59.7 Å². The monoisotopic (exact) mass is 435 g/mol. The number of hydrogen-bond acceptors (Lipinski definition) is 5. The molecule has 0 atom stereocenters. The van der Waals surface area contributed by atoms with Crippen LogP contribution in [0.5, 0.6) is 0 Å². The van der Waals surface area contributed by atoms with E-state index >= 15 is 0 Å². The summed E-state index contributed by atoms with van der Waals surface area (Å²) in [5.41, 5.74) is 4.63. The van der Waals surface area contributed by atoms with Gasteiger partial charge in [-0.05, 0) is 42.7 Å². The fourth-order valence-electron chi connectivity index (χ4n) is 3.55. The molecule has 3 amide bonds. The first-order valence-electron chi connectivity index (χ1n) is 10.8. The van der Waals surface area contributed by atoms with Gasteiger partial charge < -0.3 is 15.5 Å². The average molecular weight is 436 g/mol. The Balaban J connectivity index is 1.56. The molecule has 8 heteroatoms. The summed E-state index contributed by atoms with van der Waals surface area (Å²) >= 11 is 0. The third-order valence-electron chi connectivity index (χ3n) is 5.36. The van der Waals surface area contributed by atoms with Gasteiger partial charge in [0.05, 0.1) is 17.5 Å². The van der Waals surface area contributed by atoms with E-state index in [0.717, 1.165) is 36.9 Å². The SMILES string of the molecule is CN(C)c1ccc(C=NNC(=O)C(=O)Nc2ccccc2C(=O)NC2CCCCC2)cc1. The highest BCUT2D eigenvalue weighted by molar-refractivity contribution is 6.40. The molecule has 0 saturated heterocycles. The summed E-state index contributed by atoms with van der Waals surface area (Å²) in [4.78, 5) is 39.1. The Kier molecular flexibility index (Phi) is 7.96. The summed E-state index contributed by atoms with van der Waals surface area (Å²) in [7, 11) is 3.89. The number of carbonyl (C=O) groups is 3. The van der Waals surface area contributed by atoms with Crippen molar-refractivity contribution in [2.75, 3.05) is 24.3 Å². The van der Waals surface area contributed by atoms with Gasteiger partial charge in [-0.2, -0.15) is 5.10 Å².